The van der Waals surface area contributed by atoms with Crippen molar-refractivity contribution in [3.63, 3.8) is 0 Å². The van der Waals surface area contributed by atoms with Crippen molar-refractivity contribution in [3.05, 3.63) is 88.9 Å². The van der Waals surface area contributed by atoms with Crippen LogP contribution in [0.1, 0.15) is 17.0 Å². The van der Waals surface area contributed by atoms with Gasteiger partial charge in [-0.1, -0.05) is 66.2 Å². The molecule has 6 heteroatoms. The average Bonchev–Trinajstić information content (AvgIpc) is 3.04. The number of carbonyl (C=O) groups excluding carboxylic acids is 1. The zero-order valence-electron chi connectivity index (χ0n) is 15.4. The van der Waals surface area contributed by atoms with Gasteiger partial charge in [-0.05, 0) is 40.5 Å². The van der Waals surface area contributed by atoms with E-state index in [0.717, 1.165) is 27.2 Å². The third-order valence-corrected chi connectivity index (χ3v) is 5.20. The van der Waals surface area contributed by atoms with E-state index in [-0.39, 0.29) is 12.5 Å². The van der Waals surface area contributed by atoms with E-state index in [1.807, 2.05) is 36.4 Å². The first-order chi connectivity index (χ1) is 14.0. The minimum Gasteiger partial charge on any atom is -0.480 e. The fourth-order valence-electron chi connectivity index (χ4n) is 3.71. The molecule has 0 unspecified atom stereocenters. The molecule has 0 heterocycles. The Bertz CT molecular complexity index is 1040. The Morgan fingerprint density at radius 3 is 2.14 bits per heavy atom. The first kappa shape index (κ1) is 19.0. The summed E-state index contributed by atoms with van der Waals surface area (Å²) in [5.41, 5.74) is 4.81. The molecule has 0 aromatic heterocycles. The molecule has 3 aromatic rings. The number of nitrogens with zero attached hydrogens (tertiary/aromatic N) is 1. The molecule has 0 saturated carbocycles. The molecule has 1 amide bonds. The standard InChI is InChI=1S/C23H18ClNO4/c24-15-6-5-7-16(12-15)25(13-22(26)27)23(28)29-14-21-19-10-3-1-8-17(19)18-9-2-4-11-20(18)21/h1-12,21H,13-14H2,(H,26,27). The van der Waals surface area contributed by atoms with Crippen LogP contribution in [0.25, 0.3) is 11.1 Å². The van der Waals surface area contributed by atoms with Crippen molar-refractivity contribution in [2.24, 2.45) is 0 Å². The lowest BCUT2D eigenvalue weighted by Crippen LogP contribution is -2.36. The predicted molar refractivity (Wildman–Crippen MR) is 112 cm³/mol. The molecule has 0 bridgehead atoms. The molecule has 5 nitrogen and oxygen atoms in total. The number of benzene rings is 3. The van der Waals surface area contributed by atoms with Crippen LogP contribution in [0, 0.1) is 0 Å². The Hall–Kier alpha value is -3.31. The maximum absolute atomic E-state index is 12.8. The van der Waals surface area contributed by atoms with Gasteiger partial charge in [0.15, 0.2) is 0 Å². The van der Waals surface area contributed by atoms with Gasteiger partial charge in [-0.2, -0.15) is 0 Å². The van der Waals surface area contributed by atoms with Crippen LogP contribution in [0.4, 0.5) is 10.5 Å². The highest BCUT2D eigenvalue weighted by molar-refractivity contribution is 6.30. The molecule has 0 spiro atoms. The molecule has 1 aliphatic rings. The fraction of sp³-hybridized carbons (Fsp3) is 0.130. The third-order valence-electron chi connectivity index (χ3n) is 4.97. The van der Waals surface area contributed by atoms with E-state index < -0.39 is 18.6 Å². The molecule has 146 valence electrons. The number of fused-ring (bicyclic) bond motifs is 3. The van der Waals surface area contributed by atoms with Crippen LogP contribution in [-0.4, -0.2) is 30.3 Å². The second kappa shape index (κ2) is 7.97. The largest absolute Gasteiger partial charge is 0.480 e. The third kappa shape index (κ3) is 3.82. The summed E-state index contributed by atoms with van der Waals surface area (Å²) in [5.74, 6) is -1.24. The summed E-state index contributed by atoms with van der Waals surface area (Å²) in [6, 6.07) is 22.5. The van der Waals surface area contributed by atoms with Crippen LogP contribution < -0.4 is 4.90 Å². The molecule has 3 aromatic carbocycles. The highest BCUT2D eigenvalue weighted by atomic mass is 35.5. The van der Waals surface area contributed by atoms with Crippen LogP contribution in [0.5, 0.6) is 0 Å². The SMILES string of the molecule is O=C(O)CN(C(=O)OCC1c2ccccc2-c2ccccc21)c1cccc(Cl)c1. The lowest BCUT2D eigenvalue weighted by Gasteiger charge is -2.22. The van der Waals surface area contributed by atoms with Gasteiger partial charge in [-0.25, -0.2) is 4.79 Å². The monoisotopic (exact) mass is 407 g/mol. The number of carboxylic acid groups (broad SMARTS) is 1. The van der Waals surface area contributed by atoms with Crippen molar-refractivity contribution < 1.29 is 19.4 Å². The molecule has 0 fully saturated rings. The molecule has 4 rings (SSSR count). The van der Waals surface area contributed by atoms with Crippen molar-refractivity contribution in [2.45, 2.75) is 5.92 Å². The number of hydrogen-bond donors (Lipinski definition) is 1. The van der Waals surface area contributed by atoms with E-state index in [0.29, 0.717) is 10.7 Å². The molecule has 0 radical (unpaired) electrons. The average molecular weight is 408 g/mol. The smallest absolute Gasteiger partial charge is 0.414 e. The second-order valence-corrected chi connectivity index (χ2v) is 7.20. The van der Waals surface area contributed by atoms with Crippen LogP contribution in [-0.2, 0) is 9.53 Å². The van der Waals surface area contributed by atoms with Gasteiger partial charge in [0.2, 0.25) is 0 Å². The lowest BCUT2D eigenvalue weighted by atomic mass is 9.98. The maximum atomic E-state index is 12.8. The topological polar surface area (TPSA) is 66.8 Å². The molecule has 0 saturated heterocycles. The Balaban J connectivity index is 1.57. The Kier molecular flexibility index (Phi) is 5.23. The molecule has 1 N–H and O–H groups in total. The van der Waals surface area contributed by atoms with Gasteiger partial charge in [-0.3, -0.25) is 9.69 Å². The summed E-state index contributed by atoms with van der Waals surface area (Å²) in [6.45, 7) is -0.402. The maximum Gasteiger partial charge on any atom is 0.414 e. The van der Waals surface area contributed by atoms with E-state index >= 15 is 0 Å². The highest BCUT2D eigenvalue weighted by Crippen LogP contribution is 2.44. The van der Waals surface area contributed by atoms with Crippen molar-refractivity contribution in [2.75, 3.05) is 18.1 Å². The number of rotatable bonds is 5. The zero-order valence-corrected chi connectivity index (χ0v) is 16.2. The number of ether oxygens (including phenoxy) is 1. The van der Waals surface area contributed by atoms with Gasteiger partial charge in [0.1, 0.15) is 13.2 Å². The molecular formula is C23H18ClNO4. The molecular weight excluding hydrogens is 390 g/mol. The summed E-state index contributed by atoms with van der Waals surface area (Å²) in [5, 5.41) is 9.63. The van der Waals surface area contributed by atoms with Crippen LogP contribution in [0.2, 0.25) is 5.02 Å². The number of hydrogen-bond acceptors (Lipinski definition) is 3. The molecule has 0 atom stereocenters. The minimum atomic E-state index is -1.14. The minimum absolute atomic E-state index is 0.0996. The van der Waals surface area contributed by atoms with Crippen LogP contribution in [0.3, 0.4) is 0 Å². The van der Waals surface area contributed by atoms with Gasteiger partial charge in [0, 0.05) is 16.6 Å². The molecule has 0 aliphatic heterocycles. The highest BCUT2D eigenvalue weighted by Gasteiger charge is 2.30. The van der Waals surface area contributed by atoms with Gasteiger partial charge in [0.05, 0.1) is 0 Å². The first-order valence-electron chi connectivity index (χ1n) is 9.14. The van der Waals surface area contributed by atoms with Crippen molar-refractivity contribution >= 4 is 29.4 Å². The summed E-state index contributed by atoms with van der Waals surface area (Å²) in [4.78, 5) is 25.1. The summed E-state index contributed by atoms with van der Waals surface area (Å²) < 4.78 is 5.58. The van der Waals surface area contributed by atoms with E-state index in [9.17, 15) is 14.7 Å². The van der Waals surface area contributed by atoms with Crippen molar-refractivity contribution in [1.82, 2.24) is 0 Å². The molecule has 29 heavy (non-hydrogen) atoms. The van der Waals surface area contributed by atoms with Gasteiger partial charge >= 0.3 is 12.1 Å². The predicted octanol–water partition coefficient (Wildman–Crippen LogP) is 5.18. The van der Waals surface area contributed by atoms with Gasteiger partial charge in [-0.15, -0.1) is 0 Å². The van der Waals surface area contributed by atoms with Gasteiger partial charge in [0.25, 0.3) is 0 Å². The number of halogens is 1. The van der Waals surface area contributed by atoms with E-state index in [2.05, 4.69) is 12.1 Å². The van der Waals surface area contributed by atoms with Gasteiger partial charge < -0.3 is 9.84 Å². The quantitative estimate of drug-likeness (QED) is 0.632. The van der Waals surface area contributed by atoms with Crippen LogP contribution in [0.15, 0.2) is 72.8 Å². The molecule has 1 aliphatic carbocycles. The van der Waals surface area contributed by atoms with E-state index in [4.69, 9.17) is 16.3 Å². The Morgan fingerprint density at radius 2 is 1.55 bits per heavy atom. The zero-order chi connectivity index (χ0) is 20.4. The normalized spacial score (nSPS) is 12.2. The van der Waals surface area contributed by atoms with E-state index in [1.54, 1.807) is 18.2 Å². The number of anilines is 1. The fourth-order valence-corrected chi connectivity index (χ4v) is 3.90. The first-order valence-corrected chi connectivity index (χ1v) is 9.52. The number of amides is 1. The second-order valence-electron chi connectivity index (χ2n) is 6.76. The lowest BCUT2D eigenvalue weighted by molar-refractivity contribution is -0.135. The van der Waals surface area contributed by atoms with E-state index in [1.165, 1.54) is 6.07 Å². The van der Waals surface area contributed by atoms with Crippen molar-refractivity contribution in [3.8, 4) is 11.1 Å². The summed E-state index contributed by atoms with van der Waals surface area (Å²) in [7, 11) is 0. The Morgan fingerprint density at radius 1 is 0.931 bits per heavy atom. The van der Waals surface area contributed by atoms with Crippen LogP contribution >= 0.6 is 11.6 Å². The number of carbonyl (C=O) groups is 2. The van der Waals surface area contributed by atoms with Crippen molar-refractivity contribution in [1.29, 1.82) is 0 Å². The number of aliphatic carboxylic acids is 1. The number of carboxylic acids is 1. The summed E-state index contributed by atoms with van der Waals surface area (Å²) in [6.07, 6.45) is -0.725. The Labute approximate surface area is 173 Å². The summed E-state index contributed by atoms with van der Waals surface area (Å²) >= 11 is 6.00.